The molecule has 0 unspecified atom stereocenters. The van der Waals surface area contributed by atoms with Gasteiger partial charge in [0.15, 0.2) is 0 Å². The molecule has 0 spiro atoms. The van der Waals surface area contributed by atoms with Crippen molar-refractivity contribution in [1.29, 1.82) is 0 Å². The van der Waals surface area contributed by atoms with E-state index in [9.17, 15) is 14.4 Å². The van der Waals surface area contributed by atoms with Crippen LogP contribution in [0, 0.1) is 0 Å². The van der Waals surface area contributed by atoms with Crippen LogP contribution in [0.2, 0.25) is 0 Å². The van der Waals surface area contributed by atoms with Gasteiger partial charge in [-0.3, -0.25) is 19.5 Å². The Morgan fingerprint density at radius 2 is 1.88 bits per heavy atom. The number of H-pyrrole nitrogens is 1. The number of aromatic nitrogens is 2. The SMILES string of the molecule is CN(C(=O)c1cccc(-n2[nH]c(=O)ccc2=O)c1)C1CCC(N)CC1. The molecule has 25 heavy (non-hydrogen) atoms. The third kappa shape index (κ3) is 3.71. The molecule has 3 rings (SSSR count). The van der Waals surface area contributed by atoms with Gasteiger partial charge in [-0.05, 0) is 43.9 Å². The lowest BCUT2D eigenvalue weighted by atomic mass is 9.90. The van der Waals surface area contributed by atoms with Gasteiger partial charge in [0.05, 0.1) is 5.69 Å². The van der Waals surface area contributed by atoms with E-state index in [-0.39, 0.29) is 29.1 Å². The van der Waals surface area contributed by atoms with Gasteiger partial charge >= 0.3 is 0 Å². The molecular weight excluding hydrogens is 320 g/mol. The van der Waals surface area contributed by atoms with Gasteiger partial charge in [-0.2, -0.15) is 0 Å². The average Bonchev–Trinajstić information content (AvgIpc) is 2.63. The summed E-state index contributed by atoms with van der Waals surface area (Å²) in [6.45, 7) is 0. The molecule has 1 aromatic carbocycles. The second-order valence-corrected chi connectivity index (χ2v) is 6.52. The molecule has 0 atom stereocenters. The van der Waals surface area contributed by atoms with Crippen molar-refractivity contribution in [2.75, 3.05) is 7.05 Å². The van der Waals surface area contributed by atoms with Crippen molar-refractivity contribution in [3.63, 3.8) is 0 Å². The summed E-state index contributed by atoms with van der Waals surface area (Å²) in [4.78, 5) is 38.0. The Morgan fingerprint density at radius 3 is 2.60 bits per heavy atom. The summed E-state index contributed by atoms with van der Waals surface area (Å²) in [6.07, 6.45) is 3.63. The third-order valence-electron chi connectivity index (χ3n) is 4.78. The number of nitrogens with one attached hydrogen (secondary N) is 1. The van der Waals surface area contributed by atoms with Gasteiger partial charge in [-0.25, -0.2) is 4.68 Å². The number of aromatic amines is 1. The van der Waals surface area contributed by atoms with Crippen molar-refractivity contribution in [3.05, 3.63) is 62.7 Å². The number of amides is 1. The smallest absolute Gasteiger partial charge is 0.269 e. The molecule has 1 aliphatic rings. The molecule has 1 aliphatic carbocycles. The van der Waals surface area contributed by atoms with Gasteiger partial charge in [0.25, 0.3) is 17.0 Å². The van der Waals surface area contributed by atoms with E-state index in [4.69, 9.17) is 5.73 Å². The molecule has 0 saturated heterocycles. The first-order valence-electron chi connectivity index (χ1n) is 8.41. The lowest BCUT2D eigenvalue weighted by Gasteiger charge is -2.33. The molecule has 0 aliphatic heterocycles. The molecule has 1 heterocycles. The molecule has 1 aromatic heterocycles. The fourth-order valence-electron chi connectivity index (χ4n) is 3.25. The minimum absolute atomic E-state index is 0.103. The number of nitrogens with zero attached hydrogens (tertiary/aromatic N) is 2. The maximum Gasteiger partial charge on any atom is 0.269 e. The first-order chi connectivity index (χ1) is 12.0. The highest BCUT2D eigenvalue weighted by Crippen LogP contribution is 2.22. The van der Waals surface area contributed by atoms with Crippen LogP contribution in [-0.4, -0.2) is 39.7 Å². The molecule has 7 nitrogen and oxygen atoms in total. The quantitative estimate of drug-likeness (QED) is 0.864. The maximum atomic E-state index is 12.8. The number of nitrogens with two attached hydrogens (primary N) is 1. The van der Waals surface area contributed by atoms with E-state index in [1.807, 2.05) is 0 Å². The van der Waals surface area contributed by atoms with Crippen LogP contribution in [0.3, 0.4) is 0 Å². The number of hydrogen-bond acceptors (Lipinski definition) is 4. The lowest BCUT2D eigenvalue weighted by molar-refractivity contribution is 0.0690. The first-order valence-corrected chi connectivity index (χ1v) is 8.41. The number of carbonyl (C=O) groups excluding carboxylic acids is 1. The minimum Gasteiger partial charge on any atom is -0.339 e. The van der Waals surface area contributed by atoms with Crippen LogP contribution in [0.25, 0.3) is 5.69 Å². The second-order valence-electron chi connectivity index (χ2n) is 6.52. The highest BCUT2D eigenvalue weighted by molar-refractivity contribution is 5.94. The molecule has 2 aromatic rings. The lowest BCUT2D eigenvalue weighted by Crippen LogP contribution is -2.41. The van der Waals surface area contributed by atoms with Gasteiger partial charge in [0.1, 0.15) is 0 Å². The fourth-order valence-corrected chi connectivity index (χ4v) is 3.25. The van der Waals surface area contributed by atoms with E-state index in [0.717, 1.165) is 30.4 Å². The highest BCUT2D eigenvalue weighted by atomic mass is 16.2. The van der Waals surface area contributed by atoms with Crippen LogP contribution < -0.4 is 16.9 Å². The van der Waals surface area contributed by atoms with Crippen LogP contribution in [0.5, 0.6) is 0 Å². The predicted molar refractivity (Wildman–Crippen MR) is 95.0 cm³/mol. The zero-order valence-electron chi connectivity index (χ0n) is 14.1. The molecule has 1 saturated carbocycles. The first kappa shape index (κ1) is 17.2. The van der Waals surface area contributed by atoms with Crippen molar-refractivity contribution < 1.29 is 4.79 Å². The number of carbonyl (C=O) groups is 1. The summed E-state index contributed by atoms with van der Waals surface area (Å²) in [6, 6.07) is 9.48. The van der Waals surface area contributed by atoms with E-state index in [1.54, 1.807) is 36.2 Å². The van der Waals surface area contributed by atoms with Crippen molar-refractivity contribution >= 4 is 5.91 Å². The summed E-state index contributed by atoms with van der Waals surface area (Å²) in [5.41, 5.74) is 6.12. The summed E-state index contributed by atoms with van der Waals surface area (Å²) in [7, 11) is 1.80. The largest absolute Gasteiger partial charge is 0.339 e. The number of rotatable bonds is 3. The summed E-state index contributed by atoms with van der Waals surface area (Å²) >= 11 is 0. The topological polar surface area (TPSA) is 101 Å². The molecule has 3 N–H and O–H groups in total. The molecule has 0 radical (unpaired) electrons. The van der Waals surface area contributed by atoms with E-state index in [1.165, 1.54) is 12.1 Å². The van der Waals surface area contributed by atoms with Crippen molar-refractivity contribution in [3.8, 4) is 5.69 Å². The van der Waals surface area contributed by atoms with Crippen LogP contribution in [0.15, 0.2) is 46.0 Å². The van der Waals surface area contributed by atoms with E-state index in [0.29, 0.717) is 11.3 Å². The predicted octanol–water partition coefficient (Wildman–Crippen LogP) is 0.868. The normalized spacial score (nSPS) is 20.2. The van der Waals surface area contributed by atoms with Gasteiger partial charge in [0, 0.05) is 36.8 Å². The van der Waals surface area contributed by atoms with Gasteiger partial charge in [-0.1, -0.05) is 6.07 Å². The third-order valence-corrected chi connectivity index (χ3v) is 4.78. The standard InChI is InChI=1S/C18H22N4O3/c1-21(14-7-5-13(19)6-8-14)18(25)12-3-2-4-15(11-12)22-17(24)10-9-16(23)20-22/h2-4,9-11,13-14H,5-8,19H2,1H3,(H,20,23). The summed E-state index contributed by atoms with van der Waals surface area (Å²) in [5, 5.41) is 2.47. The average molecular weight is 342 g/mol. The monoisotopic (exact) mass is 342 g/mol. The minimum atomic E-state index is -0.382. The maximum absolute atomic E-state index is 12.8. The molecule has 1 amide bonds. The number of hydrogen-bond donors (Lipinski definition) is 2. The van der Waals surface area contributed by atoms with Gasteiger partial charge in [0.2, 0.25) is 0 Å². The zero-order valence-corrected chi connectivity index (χ0v) is 14.1. The van der Waals surface area contributed by atoms with Crippen molar-refractivity contribution in [2.45, 2.75) is 37.8 Å². The van der Waals surface area contributed by atoms with E-state index >= 15 is 0 Å². The van der Waals surface area contributed by atoms with Crippen molar-refractivity contribution in [1.82, 2.24) is 14.7 Å². The Balaban J connectivity index is 1.86. The molecule has 7 heteroatoms. The van der Waals surface area contributed by atoms with Crippen LogP contribution in [0.1, 0.15) is 36.0 Å². The van der Waals surface area contributed by atoms with Crippen molar-refractivity contribution in [2.24, 2.45) is 5.73 Å². The Morgan fingerprint density at radius 1 is 1.16 bits per heavy atom. The fraction of sp³-hybridized carbons (Fsp3) is 0.389. The summed E-state index contributed by atoms with van der Waals surface area (Å²) in [5.74, 6) is -0.103. The Bertz CT molecular complexity index is 878. The van der Waals surface area contributed by atoms with E-state index < -0.39 is 0 Å². The molecular formula is C18H22N4O3. The van der Waals surface area contributed by atoms with Gasteiger partial charge < -0.3 is 10.6 Å². The highest BCUT2D eigenvalue weighted by Gasteiger charge is 2.25. The van der Waals surface area contributed by atoms with E-state index in [2.05, 4.69) is 5.10 Å². The van der Waals surface area contributed by atoms with Crippen LogP contribution in [-0.2, 0) is 0 Å². The molecule has 1 fully saturated rings. The second kappa shape index (κ2) is 7.06. The number of benzene rings is 1. The molecule has 0 bridgehead atoms. The zero-order chi connectivity index (χ0) is 18.0. The van der Waals surface area contributed by atoms with Crippen LogP contribution >= 0.6 is 0 Å². The molecule has 132 valence electrons. The van der Waals surface area contributed by atoms with Crippen LogP contribution in [0.4, 0.5) is 0 Å². The van der Waals surface area contributed by atoms with Gasteiger partial charge in [-0.15, -0.1) is 0 Å². The Labute approximate surface area is 145 Å². The summed E-state index contributed by atoms with van der Waals surface area (Å²) < 4.78 is 1.14. The Kier molecular flexibility index (Phi) is 4.85. The Hall–Kier alpha value is -2.67.